The largest absolute Gasteiger partial charge is 0.493 e. The number of amides is 1. The fourth-order valence-corrected chi connectivity index (χ4v) is 4.20. The third-order valence-electron chi connectivity index (χ3n) is 5.11. The Morgan fingerprint density at radius 2 is 1.74 bits per heavy atom. The van der Waals surface area contributed by atoms with Crippen molar-refractivity contribution in [2.75, 3.05) is 7.11 Å². The molecular formula is C28H24N2O4S. The number of rotatable bonds is 8. The molecule has 0 aliphatic heterocycles. The number of methoxy groups -OCH3 is 1. The van der Waals surface area contributed by atoms with Gasteiger partial charge in [-0.05, 0) is 29.3 Å². The number of hydrogen-bond acceptors (Lipinski definition) is 6. The maximum absolute atomic E-state index is 12.3. The summed E-state index contributed by atoms with van der Waals surface area (Å²) in [6.07, 6.45) is 3.13. The Hall–Kier alpha value is -4.23. The third kappa shape index (κ3) is 6.43. The summed E-state index contributed by atoms with van der Waals surface area (Å²) in [4.78, 5) is 28.2. The molecule has 3 aromatic carbocycles. The van der Waals surface area contributed by atoms with Crippen LogP contribution < -0.4 is 14.8 Å². The smallest absolute Gasteiger partial charge is 0.308 e. The zero-order valence-corrected chi connectivity index (χ0v) is 20.2. The number of carbonyl (C=O) groups excluding carboxylic acids is 2. The minimum atomic E-state index is -0.428. The second-order valence-corrected chi connectivity index (χ2v) is 8.51. The summed E-state index contributed by atoms with van der Waals surface area (Å²) in [7, 11) is 1.49. The molecule has 0 unspecified atom stereocenters. The Labute approximate surface area is 207 Å². The molecule has 1 amide bonds. The van der Waals surface area contributed by atoms with Crippen molar-refractivity contribution in [3.05, 3.63) is 95.4 Å². The molecular weight excluding hydrogens is 460 g/mol. The van der Waals surface area contributed by atoms with Gasteiger partial charge in [-0.15, -0.1) is 11.3 Å². The molecule has 0 saturated carbocycles. The molecule has 35 heavy (non-hydrogen) atoms. The predicted molar refractivity (Wildman–Crippen MR) is 138 cm³/mol. The van der Waals surface area contributed by atoms with E-state index in [0.29, 0.717) is 18.0 Å². The molecule has 1 aromatic heterocycles. The summed E-state index contributed by atoms with van der Waals surface area (Å²) in [5, 5.41) is 5.90. The number of aromatic nitrogens is 1. The quantitative estimate of drug-likeness (QED) is 0.196. The Bertz CT molecular complexity index is 1350. The van der Waals surface area contributed by atoms with E-state index in [2.05, 4.69) is 10.7 Å². The van der Waals surface area contributed by atoms with Gasteiger partial charge in [-0.2, -0.15) is 0 Å². The minimum Gasteiger partial charge on any atom is -0.493 e. The van der Waals surface area contributed by atoms with Gasteiger partial charge in [0.1, 0.15) is 5.01 Å². The van der Waals surface area contributed by atoms with Crippen LogP contribution in [0.5, 0.6) is 11.5 Å². The lowest BCUT2D eigenvalue weighted by molar-refractivity contribution is -0.132. The van der Waals surface area contributed by atoms with Gasteiger partial charge in [0, 0.05) is 36.1 Å². The molecule has 7 heteroatoms. The summed E-state index contributed by atoms with van der Waals surface area (Å²) in [5.74, 6) is 0.102. The number of thiazole rings is 1. The normalized spacial score (nSPS) is 10.8. The van der Waals surface area contributed by atoms with Gasteiger partial charge in [-0.1, -0.05) is 60.7 Å². The molecule has 0 spiro atoms. The van der Waals surface area contributed by atoms with Crippen LogP contribution in [0, 0.1) is 0 Å². The molecule has 176 valence electrons. The zero-order valence-electron chi connectivity index (χ0n) is 19.4. The first kappa shape index (κ1) is 23.9. The van der Waals surface area contributed by atoms with Crippen molar-refractivity contribution < 1.29 is 19.1 Å². The fourth-order valence-electron chi connectivity index (χ4n) is 3.36. The summed E-state index contributed by atoms with van der Waals surface area (Å²) in [6.45, 7) is 1.73. The van der Waals surface area contributed by atoms with Crippen molar-refractivity contribution in [1.29, 1.82) is 0 Å². The highest BCUT2D eigenvalue weighted by atomic mass is 32.1. The van der Waals surface area contributed by atoms with E-state index in [9.17, 15) is 9.59 Å². The Morgan fingerprint density at radius 1 is 0.971 bits per heavy atom. The first-order valence-corrected chi connectivity index (χ1v) is 11.8. The van der Waals surface area contributed by atoms with Gasteiger partial charge >= 0.3 is 5.97 Å². The maximum Gasteiger partial charge on any atom is 0.308 e. The van der Waals surface area contributed by atoms with E-state index in [1.165, 1.54) is 20.1 Å². The number of nitrogens with zero attached hydrogens (tertiary/aromatic N) is 1. The maximum atomic E-state index is 12.3. The van der Waals surface area contributed by atoms with Crippen LogP contribution in [-0.4, -0.2) is 24.0 Å². The molecule has 0 saturated heterocycles. The number of ether oxygens (including phenoxy) is 2. The molecule has 0 atom stereocenters. The van der Waals surface area contributed by atoms with E-state index < -0.39 is 5.97 Å². The molecule has 0 aliphatic rings. The highest BCUT2D eigenvalue weighted by Crippen LogP contribution is 2.30. The topological polar surface area (TPSA) is 77.5 Å². The van der Waals surface area contributed by atoms with Crippen molar-refractivity contribution in [1.82, 2.24) is 10.3 Å². The molecule has 1 heterocycles. The molecule has 4 rings (SSSR count). The third-order valence-corrected chi connectivity index (χ3v) is 6.00. The number of carbonyl (C=O) groups is 2. The first-order valence-electron chi connectivity index (χ1n) is 10.9. The molecule has 0 radical (unpaired) electrons. The van der Waals surface area contributed by atoms with Crippen molar-refractivity contribution >= 4 is 29.3 Å². The first-order chi connectivity index (χ1) is 17.0. The van der Waals surface area contributed by atoms with Crippen molar-refractivity contribution in [3.63, 3.8) is 0 Å². The number of hydrogen-bond donors (Lipinski definition) is 1. The lowest BCUT2D eigenvalue weighted by Gasteiger charge is -2.08. The van der Waals surface area contributed by atoms with E-state index in [-0.39, 0.29) is 5.91 Å². The number of benzene rings is 3. The average molecular weight is 485 g/mol. The van der Waals surface area contributed by atoms with Crippen molar-refractivity contribution in [3.8, 4) is 33.3 Å². The van der Waals surface area contributed by atoms with Gasteiger partial charge in [0.15, 0.2) is 11.5 Å². The van der Waals surface area contributed by atoms with Gasteiger partial charge in [-0.25, -0.2) is 4.98 Å². The summed E-state index contributed by atoms with van der Waals surface area (Å²) < 4.78 is 10.3. The molecule has 1 N–H and O–H groups in total. The monoisotopic (exact) mass is 484 g/mol. The Balaban J connectivity index is 1.33. The van der Waals surface area contributed by atoms with Crippen molar-refractivity contribution in [2.45, 2.75) is 13.5 Å². The van der Waals surface area contributed by atoms with E-state index >= 15 is 0 Å². The van der Waals surface area contributed by atoms with Crippen LogP contribution in [0.3, 0.4) is 0 Å². The molecule has 4 aromatic rings. The lowest BCUT2D eigenvalue weighted by atomic mass is 10.1. The summed E-state index contributed by atoms with van der Waals surface area (Å²) in [6, 6.07) is 23.2. The van der Waals surface area contributed by atoms with Gasteiger partial charge < -0.3 is 14.8 Å². The summed E-state index contributed by atoms with van der Waals surface area (Å²) >= 11 is 1.61. The van der Waals surface area contributed by atoms with Gasteiger partial charge in [-0.3, -0.25) is 9.59 Å². The van der Waals surface area contributed by atoms with Crippen LogP contribution in [0.4, 0.5) is 0 Å². The predicted octanol–water partition coefficient (Wildman–Crippen LogP) is 5.74. The van der Waals surface area contributed by atoms with Crippen LogP contribution in [0.15, 0.2) is 84.3 Å². The standard InChI is InChI=1S/C28H24N2O4S/c1-19(31)34-25-14-10-20(16-26(25)33-2)11-15-27(32)29-17-21-8-12-23(13-9-21)28-30-24(18-35-28)22-6-4-3-5-7-22/h3-16,18H,17H2,1-2H3,(H,29,32)/b15-11+. The van der Waals surface area contributed by atoms with E-state index in [0.717, 1.165) is 33.0 Å². The van der Waals surface area contributed by atoms with Crippen molar-refractivity contribution in [2.24, 2.45) is 0 Å². The SMILES string of the molecule is COc1cc(/C=C/C(=O)NCc2ccc(-c3nc(-c4ccccc4)cs3)cc2)ccc1OC(C)=O. The second-order valence-electron chi connectivity index (χ2n) is 7.66. The van der Waals surface area contributed by atoms with Crippen LogP contribution in [0.25, 0.3) is 27.9 Å². The average Bonchev–Trinajstić information content (AvgIpc) is 3.38. The van der Waals surface area contributed by atoms with E-state index in [1.54, 1.807) is 35.6 Å². The van der Waals surface area contributed by atoms with E-state index in [4.69, 9.17) is 14.5 Å². The molecule has 6 nitrogen and oxygen atoms in total. The highest BCUT2D eigenvalue weighted by molar-refractivity contribution is 7.13. The van der Waals surface area contributed by atoms with Gasteiger partial charge in [0.2, 0.25) is 5.91 Å². The summed E-state index contributed by atoms with van der Waals surface area (Å²) in [5.41, 5.74) is 4.84. The van der Waals surface area contributed by atoms with E-state index in [1.807, 2.05) is 54.6 Å². The molecule has 0 aliphatic carbocycles. The molecule has 0 fully saturated rings. The van der Waals surface area contributed by atoms with Crippen LogP contribution >= 0.6 is 11.3 Å². The van der Waals surface area contributed by atoms with Crippen LogP contribution in [0.2, 0.25) is 0 Å². The molecule has 0 bridgehead atoms. The van der Waals surface area contributed by atoms with Gasteiger partial charge in [0.05, 0.1) is 12.8 Å². The Morgan fingerprint density at radius 3 is 2.46 bits per heavy atom. The van der Waals surface area contributed by atoms with Crippen LogP contribution in [-0.2, 0) is 16.1 Å². The number of esters is 1. The number of nitrogens with one attached hydrogen (secondary N) is 1. The van der Waals surface area contributed by atoms with Gasteiger partial charge in [0.25, 0.3) is 0 Å². The second kappa shape index (κ2) is 11.3. The van der Waals surface area contributed by atoms with Crippen LogP contribution in [0.1, 0.15) is 18.1 Å². The Kier molecular flexibility index (Phi) is 7.70. The minimum absolute atomic E-state index is 0.218. The lowest BCUT2D eigenvalue weighted by Crippen LogP contribution is -2.20. The zero-order chi connectivity index (χ0) is 24.6. The fraction of sp³-hybridized carbons (Fsp3) is 0.107. The highest BCUT2D eigenvalue weighted by Gasteiger charge is 2.08.